The van der Waals surface area contributed by atoms with Crippen LogP contribution in [0.3, 0.4) is 0 Å². The highest BCUT2D eigenvalue weighted by atomic mass is 35.5. The maximum absolute atomic E-state index is 9.47. The molecule has 2 rings (SSSR count). The topological polar surface area (TPSA) is 23.5 Å². The second-order valence-electron chi connectivity index (χ2n) is 3.78. The van der Waals surface area contributed by atoms with Gasteiger partial charge in [0, 0.05) is 19.6 Å². The van der Waals surface area contributed by atoms with Crippen LogP contribution in [0.1, 0.15) is 12.0 Å². The van der Waals surface area contributed by atoms with Gasteiger partial charge in [0.2, 0.25) is 0 Å². The summed E-state index contributed by atoms with van der Waals surface area (Å²) in [4.78, 5) is 2.34. The Morgan fingerprint density at radius 1 is 1.33 bits per heavy atom. The molecule has 1 aromatic rings. The molecule has 0 spiro atoms. The van der Waals surface area contributed by atoms with Crippen molar-refractivity contribution in [3.63, 3.8) is 0 Å². The molecule has 0 aliphatic carbocycles. The summed E-state index contributed by atoms with van der Waals surface area (Å²) in [5.74, 6) is 0.168. The number of hydrogen-bond donors (Lipinski definition) is 1. The van der Waals surface area contributed by atoms with Gasteiger partial charge in [0.05, 0.1) is 5.02 Å². The van der Waals surface area contributed by atoms with E-state index in [4.69, 9.17) is 11.6 Å². The Balaban J connectivity index is 2.04. The standard InChI is InChI=1S/C12H14ClNO/c13-11-5-4-10(8-12(11)15)9-14-6-2-1-3-7-14/h1-2,4-5,8,15H,3,6-7,9H2. The number of halogens is 1. The van der Waals surface area contributed by atoms with E-state index in [9.17, 15) is 5.11 Å². The van der Waals surface area contributed by atoms with E-state index < -0.39 is 0 Å². The highest BCUT2D eigenvalue weighted by Crippen LogP contribution is 2.24. The third-order valence-corrected chi connectivity index (χ3v) is 2.88. The number of nitrogens with zero attached hydrogens (tertiary/aromatic N) is 1. The molecule has 0 saturated heterocycles. The van der Waals surface area contributed by atoms with Gasteiger partial charge in [-0.2, -0.15) is 0 Å². The van der Waals surface area contributed by atoms with Gasteiger partial charge >= 0.3 is 0 Å². The molecule has 80 valence electrons. The molecule has 0 atom stereocenters. The summed E-state index contributed by atoms with van der Waals surface area (Å²) in [7, 11) is 0. The van der Waals surface area contributed by atoms with Crippen LogP contribution in [0.15, 0.2) is 30.4 Å². The van der Waals surface area contributed by atoms with Gasteiger partial charge in [-0.05, 0) is 24.1 Å². The Hall–Kier alpha value is -0.990. The molecule has 1 aliphatic heterocycles. The van der Waals surface area contributed by atoms with E-state index in [-0.39, 0.29) is 5.75 Å². The molecule has 0 fully saturated rings. The number of phenols is 1. The van der Waals surface area contributed by atoms with Crippen molar-refractivity contribution >= 4 is 11.6 Å². The molecular weight excluding hydrogens is 210 g/mol. The third-order valence-electron chi connectivity index (χ3n) is 2.56. The van der Waals surface area contributed by atoms with Crippen LogP contribution >= 0.6 is 11.6 Å². The minimum atomic E-state index is 0.168. The Labute approximate surface area is 94.8 Å². The Bertz CT molecular complexity index is 376. The first-order valence-corrected chi connectivity index (χ1v) is 5.48. The molecule has 0 radical (unpaired) electrons. The zero-order valence-corrected chi connectivity index (χ0v) is 9.24. The monoisotopic (exact) mass is 223 g/mol. The predicted octanol–water partition coefficient (Wildman–Crippen LogP) is 2.81. The molecule has 1 N–H and O–H groups in total. The Morgan fingerprint density at radius 3 is 2.87 bits per heavy atom. The molecule has 0 amide bonds. The molecule has 2 nitrogen and oxygen atoms in total. The van der Waals surface area contributed by atoms with Crippen molar-refractivity contribution in [2.75, 3.05) is 13.1 Å². The molecule has 15 heavy (non-hydrogen) atoms. The van der Waals surface area contributed by atoms with Crippen LogP contribution in [-0.2, 0) is 6.54 Å². The Kier molecular flexibility index (Phi) is 3.29. The van der Waals surface area contributed by atoms with E-state index in [1.54, 1.807) is 12.1 Å². The largest absolute Gasteiger partial charge is 0.506 e. The summed E-state index contributed by atoms with van der Waals surface area (Å²) in [6.07, 6.45) is 5.49. The second kappa shape index (κ2) is 4.69. The van der Waals surface area contributed by atoms with E-state index in [0.29, 0.717) is 5.02 Å². The lowest BCUT2D eigenvalue weighted by atomic mass is 10.1. The molecule has 0 saturated carbocycles. The highest BCUT2D eigenvalue weighted by molar-refractivity contribution is 6.31. The predicted molar refractivity (Wildman–Crippen MR) is 62.2 cm³/mol. The maximum atomic E-state index is 9.47. The third kappa shape index (κ3) is 2.74. The van der Waals surface area contributed by atoms with E-state index >= 15 is 0 Å². The van der Waals surface area contributed by atoms with Crippen LogP contribution < -0.4 is 0 Å². The van der Waals surface area contributed by atoms with Gasteiger partial charge in [-0.1, -0.05) is 29.8 Å². The SMILES string of the molecule is Oc1cc(CN2CC=CCC2)ccc1Cl. The van der Waals surface area contributed by atoms with Crippen LogP contribution in [0.4, 0.5) is 0 Å². The molecular formula is C12H14ClNO. The fraction of sp³-hybridized carbons (Fsp3) is 0.333. The first-order chi connectivity index (χ1) is 7.25. The Morgan fingerprint density at radius 2 is 2.20 bits per heavy atom. The smallest absolute Gasteiger partial charge is 0.134 e. The minimum Gasteiger partial charge on any atom is -0.506 e. The van der Waals surface area contributed by atoms with Crippen LogP contribution in [0.2, 0.25) is 5.02 Å². The number of hydrogen-bond acceptors (Lipinski definition) is 2. The fourth-order valence-electron chi connectivity index (χ4n) is 1.75. The van der Waals surface area contributed by atoms with Crippen molar-refractivity contribution in [1.29, 1.82) is 0 Å². The second-order valence-corrected chi connectivity index (χ2v) is 4.19. The number of phenolic OH excluding ortho intramolecular Hbond substituents is 1. The van der Waals surface area contributed by atoms with Crippen molar-refractivity contribution in [2.24, 2.45) is 0 Å². The van der Waals surface area contributed by atoms with Crippen molar-refractivity contribution in [1.82, 2.24) is 4.90 Å². The van der Waals surface area contributed by atoms with Gasteiger partial charge in [-0.3, -0.25) is 4.90 Å². The van der Waals surface area contributed by atoms with Gasteiger partial charge in [0.15, 0.2) is 0 Å². The average molecular weight is 224 g/mol. The van der Waals surface area contributed by atoms with Crippen LogP contribution in [-0.4, -0.2) is 23.1 Å². The first kappa shape index (κ1) is 10.5. The van der Waals surface area contributed by atoms with Gasteiger partial charge in [-0.25, -0.2) is 0 Å². The molecule has 1 heterocycles. The number of rotatable bonds is 2. The van der Waals surface area contributed by atoms with E-state index in [2.05, 4.69) is 17.1 Å². The van der Waals surface area contributed by atoms with Crippen LogP contribution in [0.25, 0.3) is 0 Å². The van der Waals surface area contributed by atoms with E-state index in [0.717, 1.165) is 31.6 Å². The van der Waals surface area contributed by atoms with Gasteiger partial charge in [-0.15, -0.1) is 0 Å². The number of aromatic hydroxyl groups is 1. The molecule has 0 aromatic heterocycles. The van der Waals surface area contributed by atoms with Crippen molar-refractivity contribution < 1.29 is 5.11 Å². The quantitative estimate of drug-likeness (QED) is 0.780. The lowest BCUT2D eigenvalue weighted by molar-refractivity contribution is 0.290. The molecule has 3 heteroatoms. The zero-order chi connectivity index (χ0) is 10.7. The summed E-state index contributed by atoms with van der Waals surface area (Å²) < 4.78 is 0. The van der Waals surface area contributed by atoms with Crippen molar-refractivity contribution in [2.45, 2.75) is 13.0 Å². The van der Waals surface area contributed by atoms with Gasteiger partial charge in [0.1, 0.15) is 5.75 Å². The average Bonchev–Trinajstić information content (AvgIpc) is 2.25. The summed E-state index contributed by atoms with van der Waals surface area (Å²) in [5, 5.41) is 9.88. The van der Waals surface area contributed by atoms with E-state index in [1.165, 1.54) is 0 Å². The molecule has 0 unspecified atom stereocenters. The summed E-state index contributed by atoms with van der Waals surface area (Å²) in [6, 6.07) is 5.44. The fourth-order valence-corrected chi connectivity index (χ4v) is 1.87. The lowest BCUT2D eigenvalue weighted by Gasteiger charge is -2.23. The highest BCUT2D eigenvalue weighted by Gasteiger charge is 2.07. The first-order valence-electron chi connectivity index (χ1n) is 5.10. The minimum absolute atomic E-state index is 0.168. The van der Waals surface area contributed by atoms with Gasteiger partial charge < -0.3 is 5.11 Å². The zero-order valence-electron chi connectivity index (χ0n) is 8.49. The van der Waals surface area contributed by atoms with E-state index in [1.807, 2.05) is 6.07 Å². The van der Waals surface area contributed by atoms with Crippen molar-refractivity contribution in [3.8, 4) is 5.75 Å². The van der Waals surface area contributed by atoms with Crippen LogP contribution in [0, 0.1) is 0 Å². The maximum Gasteiger partial charge on any atom is 0.134 e. The molecule has 1 aliphatic rings. The summed E-state index contributed by atoms with van der Waals surface area (Å²) >= 11 is 5.75. The van der Waals surface area contributed by atoms with Crippen molar-refractivity contribution in [3.05, 3.63) is 40.9 Å². The van der Waals surface area contributed by atoms with Crippen LogP contribution in [0.5, 0.6) is 5.75 Å². The summed E-state index contributed by atoms with van der Waals surface area (Å²) in [6.45, 7) is 2.94. The lowest BCUT2D eigenvalue weighted by Crippen LogP contribution is -2.26. The summed E-state index contributed by atoms with van der Waals surface area (Å²) in [5.41, 5.74) is 1.10. The molecule has 0 bridgehead atoms. The van der Waals surface area contributed by atoms with Gasteiger partial charge in [0.25, 0.3) is 0 Å². The molecule has 1 aromatic carbocycles. The normalized spacial score (nSPS) is 16.9. The number of benzene rings is 1.